The van der Waals surface area contributed by atoms with Crippen LogP contribution in [0.2, 0.25) is 0 Å². The highest BCUT2D eigenvalue weighted by atomic mass is 16.5. The second kappa shape index (κ2) is 9.45. The Hall–Kier alpha value is -4.31. The minimum atomic E-state index is 0.239. The molecule has 4 heteroatoms. The predicted octanol–water partition coefficient (Wildman–Crippen LogP) is 6.77. The fraction of sp³-hybridized carbons (Fsp3) is 0.0690. The molecule has 0 fully saturated rings. The summed E-state index contributed by atoms with van der Waals surface area (Å²) in [5, 5.41) is 11.9. The minimum absolute atomic E-state index is 0.239. The lowest BCUT2D eigenvalue weighted by atomic mass is 10.0. The van der Waals surface area contributed by atoms with Gasteiger partial charge >= 0.3 is 0 Å². The second-order valence-electron chi connectivity index (χ2n) is 7.80. The van der Waals surface area contributed by atoms with E-state index in [1.807, 2.05) is 97.1 Å². The molecule has 0 spiro atoms. The van der Waals surface area contributed by atoms with Gasteiger partial charge in [0.05, 0.1) is 0 Å². The summed E-state index contributed by atoms with van der Waals surface area (Å²) in [5.41, 5.74) is 3.95. The number of phenolic OH excluding ortho intramolecular Hbond substituents is 1. The average Bonchev–Trinajstić information content (AvgIpc) is 2.87. The van der Waals surface area contributed by atoms with Gasteiger partial charge in [-0.25, -0.2) is 0 Å². The maximum absolute atomic E-state index is 9.89. The summed E-state index contributed by atoms with van der Waals surface area (Å²) in [5.74, 6) is 1.25. The molecule has 0 aliphatic heterocycles. The van der Waals surface area contributed by atoms with Crippen molar-refractivity contribution in [2.24, 2.45) is 0 Å². The number of nitrogens with zero attached hydrogens (tertiary/aromatic N) is 1. The van der Waals surface area contributed by atoms with Crippen LogP contribution in [-0.4, -0.2) is 10.1 Å². The van der Waals surface area contributed by atoms with E-state index >= 15 is 0 Å². The minimum Gasteiger partial charge on any atom is -0.508 e. The lowest BCUT2D eigenvalue weighted by molar-refractivity contribution is 0.268. The molecule has 0 amide bonds. The van der Waals surface area contributed by atoms with Gasteiger partial charge in [-0.3, -0.25) is 0 Å². The Morgan fingerprint density at radius 2 is 1.27 bits per heavy atom. The summed E-state index contributed by atoms with van der Waals surface area (Å²) in [7, 11) is 0. The van der Waals surface area contributed by atoms with Crippen molar-refractivity contribution in [2.75, 3.05) is 0 Å². The van der Waals surface area contributed by atoms with E-state index < -0.39 is 0 Å². The molecule has 0 aliphatic carbocycles. The van der Waals surface area contributed by atoms with Gasteiger partial charge in [0, 0.05) is 11.6 Å². The largest absolute Gasteiger partial charge is 0.508 e. The van der Waals surface area contributed by atoms with Gasteiger partial charge in [0.1, 0.15) is 19.0 Å². The van der Waals surface area contributed by atoms with Crippen LogP contribution in [0.3, 0.4) is 0 Å². The van der Waals surface area contributed by atoms with Crippen molar-refractivity contribution in [1.82, 2.24) is 4.98 Å². The van der Waals surface area contributed by atoms with Gasteiger partial charge in [0.25, 0.3) is 0 Å². The first-order valence-corrected chi connectivity index (χ1v) is 10.8. The van der Waals surface area contributed by atoms with Crippen molar-refractivity contribution in [3.63, 3.8) is 0 Å². The quantitative estimate of drug-likeness (QED) is 0.308. The second-order valence-corrected chi connectivity index (χ2v) is 7.80. The third-order valence-electron chi connectivity index (χ3n) is 5.42. The molecule has 4 aromatic carbocycles. The van der Waals surface area contributed by atoms with Crippen molar-refractivity contribution >= 4 is 10.8 Å². The average molecular weight is 434 g/mol. The Balaban J connectivity index is 1.47. The first-order valence-electron chi connectivity index (χ1n) is 10.8. The van der Waals surface area contributed by atoms with Gasteiger partial charge in [-0.2, -0.15) is 4.98 Å². The molecular formula is C29H23NO3. The lowest BCUT2D eigenvalue weighted by Crippen LogP contribution is -2.02. The molecule has 33 heavy (non-hydrogen) atoms. The fourth-order valence-electron chi connectivity index (χ4n) is 3.69. The van der Waals surface area contributed by atoms with E-state index in [4.69, 9.17) is 9.47 Å². The van der Waals surface area contributed by atoms with Gasteiger partial charge < -0.3 is 14.6 Å². The Bertz CT molecular complexity index is 1370. The molecule has 0 saturated carbocycles. The van der Waals surface area contributed by atoms with Crippen LogP contribution in [0, 0.1) is 0 Å². The van der Waals surface area contributed by atoms with E-state index in [-0.39, 0.29) is 5.75 Å². The summed E-state index contributed by atoms with van der Waals surface area (Å²) in [4.78, 5) is 4.68. The number of phenols is 1. The first kappa shape index (κ1) is 20.6. The zero-order valence-corrected chi connectivity index (χ0v) is 18.0. The molecule has 0 unspecified atom stereocenters. The number of ether oxygens (including phenoxy) is 2. The highest BCUT2D eigenvalue weighted by Crippen LogP contribution is 2.34. The maximum atomic E-state index is 9.89. The van der Waals surface area contributed by atoms with E-state index in [0.717, 1.165) is 33.0 Å². The van der Waals surface area contributed by atoms with Crippen LogP contribution in [0.1, 0.15) is 11.1 Å². The van der Waals surface area contributed by atoms with Crippen LogP contribution in [0.25, 0.3) is 21.9 Å². The summed E-state index contributed by atoms with van der Waals surface area (Å²) >= 11 is 0. The molecule has 0 radical (unpaired) electrons. The topological polar surface area (TPSA) is 51.6 Å². The van der Waals surface area contributed by atoms with E-state index in [2.05, 4.69) is 4.98 Å². The molecule has 0 saturated heterocycles. The van der Waals surface area contributed by atoms with E-state index in [1.54, 1.807) is 12.1 Å². The van der Waals surface area contributed by atoms with Crippen LogP contribution in [-0.2, 0) is 13.2 Å². The van der Waals surface area contributed by atoms with Crippen molar-refractivity contribution in [1.29, 1.82) is 0 Å². The molecular weight excluding hydrogens is 410 g/mol. The maximum Gasteiger partial charge on any atom is 0.225 e. The molecule has 1 aromatic heterocycles. The molecule has 5 rings (SSSR count). The Morgan fingerprint density at radius 3 is 2.00 bits per heavy atom. The zero-order valence-electron chi connectivity index (χ0n) is 18.0. The van der Waals surface area contributed by atoms with Gasteiger partial charge in [0.15, 0.2) is 0 Å². The molecule has 0 atom stereocenters. The monoisotopic (exact) mass is 433 g/mol. The zero-order chi connectivity index (χ0) is 22.5. The third kappa shape index (κ3) is 4.96. The summed E-state index contributed by atoms with van der Waals surface area (Å²) in [6.07, 6.45) is 0. The molecule has 5 aromatic rings. The normalized spacial score (nSPS) is 10.8. The highest BCUT2D eigenvalue weighted by Gasteiger charge is 2.12. The van der Waals surface area contributed by atoms with Crippen LogP contribution < -0.4 is 9.47 Å². The number of hydrogen-bond donors (Lipinski definition) is 1. The van der Waals surface area contributed by atoms with E-state index in [1.165, 1.54) is 0 Å². The van der Waals surface area contributed by atoms with Crippen LogP contribution in [0.5, 0.6) is 17.5 Å². The van der Waals surface area contributed by atoms with Gasteiger partial charge in [-0.15, -0.1) is 0 Å². The van der Waals surface area contributed by atoms with E-state index in [9.17, 15) is 5.11 Å². The van der Waals surface area contributed by atoms with Gasteiger partial charge in [-0.1, -0.05) is 78.9 Å². The first-order chi connectivity index (χ1) is 16.2. The standard InChI is InChI=1S/C29H23NO3/c31-26-14-13-23-11-12-24(17-25(23)18-26)27-15-16-28(32-19-21-7-3-1-4-8-21)30-29(27)33-20-22-9-5-2-6-10-22/h1-18,31H,19-20H2. The Morgan fingerprint density at radius 1 is 0.606 bits per heavy atom. The third-order valence-corrected chi connectivity index (χ3v) is 5.42. The summed E-state index contributed by atoms with van der Waals surface area (Å²) in [6, 6.07) is 35.3. The van der Waals surface area contributed by atoms with Crippen molar-refractivity contribution < 1.29 is 14.6 Å². The van der Waals surface area contributed by atoms with Gasteiger partial charge in [-0.05, 0) is 51.7 Å². The summed E-state index contributed by atoms with van der Waals surface area (Å²) in [6.45, 7) is 0.831. The number of fused-ring (bicyclic) bond motifs is 1. The fourth-order valence-corrected chi connectivity index (χ4v) is 3.69. The highest BCUT2D eigenvalue weighted by molar-refractivity contribution is 5.89. The number of aromatic hydroxyl groups is 1. The smallest absolute Gasteiger partial charge is 0.225 e. The Kier molecular flexibility index (Phi) is 5.89. The van der Waals surface area contributed by atoms with Crippen molar-refractivity contribution in [2.45, 2.75) is 13.2 Å². The summed E-state index contributed by atoms with van der Waals surface area (Å²) < 4.78 is 12.1. The predicted molar refractivity (Wildman–Crippen MR) is 130 cm³/mol. The number of aromatic nitrogens is 1. The van der Waals surface area contributed by atoms with Gasteiger partial charge in [0.2, 0.25) is 11.8 Å². The van der Waals surface area contributed by atoms with Crippen molar-refractivity contribution in [3.8, 4) is 28.6 Å². The molecule has 1 N–H and O–H groups in total. The molecule has 1 heterocycles. The van der Waals surface area contributed by atoms with Crippen LogP contribution in [0.4, 0.5) is 0 Å². The van der Waals surface area contributed by atoms with Crippen molar-refractivity contribution in [3.05, 3.63) is 120 Å². The molecule has 0 aliphatic rings. The van der Waals surface area contributed by atoms with E-state index in [0.29, 0.717) is 25.0 Å². The molecule has 0 bridgehead atoms. The SMILES string of the molecule is Oc1ccc2ccc(-c3ccc(OCc4ccccc4)nc3OCc3ccccc3)cc2c1. The number of pyridine rings is 1. The molecule has 4 nitrogen and oxygen atoms in total. The number of rotatable bonds is 7. The number of hydrogen-bond acceptors (Lipinski definition) is 4. The Labute approximate surface area is 192 Å². The number of benzene rings is 4. The van der Waals surface area contributed by atoms with Crippen LogP contribution in [0.15, 0.2) is 109 Å². The lowest BCUT2D eigenvalue weighted by Gasteiger charge is -2.14. The van der Waals surface area contributed by atoms with Crippen LogP contribution >= 0.6 is 0 Å². The molecule has 162 valence electrons.